The lowest BCUT2D eigenvalue weighted by Gasteiger charge is -2.12. The lowest BCUT2D eigenvalue weighted by atomic mass is 10.2. The van der Waals surface area contributed by atoms with Crippen molar-refractivity contribution in [3.05, 3.63) is 50.1 Å². The fraction of sp³-hybridized carbons (Fsp3) is 0. The van der Waals surface area contributed by atoms with Crippen LogP contribution in [0.25, 0.3) is 0 Å². The summed E-state index contributed by atoms with van der Waals surface area (Å²) in [4.78, 5) is 0. The predicted octanol–water partition coefficient (Wildman–Crippen LogP) is 5.33. The summed E-state index contributed by atoms with van der Waals surface area (Å²) < 4.78 is 14.5. The smallest absolute Gasteiger partial charge is 0.139 e. The first-order chi connectivity index (χ1) is 8.49. The zero-order valence-corrected chi connectivity index (χ0v) is 12.9. The number of halogens is 4. The minimum absolute atomic E-state index is 0.329. The highest BCUT2D eigenvalue weighted by molar-refractivity contribution is 9.11. The monoisotopic (exact) mass is 392 g/mol. The lowest BCUT2D eigenvalue weighted by Crippen LogP contribution is -1.98. The Balaban J connectivity index is 2.40. The van der Waals surface area contributed by atoms with Gasteiger partial charge in [0.25, 0.3) is 0 Å². The molecule has 0 spiro atoms. The van der Waals surface area contributed by atoms with Gasteiger partial charge in [-0.15, -0.1) is 0 Å². The molecule has 2 aromatic carbocycles. The average molecular weight is 394 g/mol. The van der Waals surface area contributed by atoms with Crippen molar-refractivity contribution < 1.29 is 4.39 Å². The Labute approximate surface area is 126 Å². The second-order valence-corrected chi connectivity index (χ2v) is 5.63. The molecule has 0 fully saturated rings. The van der Waals surface area contributed by atoms with E-state index in [-0.39, 0.29) is 5.82 Å². The standard InChI is InChI=1S/C12H8Br2ClFN2/c13-6-4-9(17)11(5-8(6)16)18-10-3-1-2-7(15)12(10)14/h1-5,18H,17H2. The normalized spacial score (nSPS) is 10.4. The molecule has 0 aliphatic rings. The van der Waals surface area contributed by atoms with E-state index < -0.39 is 0 Å². The summed E-state index contributed by atoms with van der Waals surface area (Å²) in [5.74, 6) is -0.384. The van der Waals surface area contributed by atoms with Gasteiger partial charge in [-0.3, -0.25) is 0 Å². The van der Waals surface area contributed by atoms with Crippen molar-refractivity contribution >= 4 is 60.5 Å². The first-order valence-electron chi connectivity index (χ1n) is 4.94. The van der Waals surface area contributed by atoms with Crippen molar-refractivity contribution in [2.45, 2.75) is 0 Å². The van der Waals surface area contributed by atoms with Crippen LogP contribution >= 0.6 is 43.5 Å². The molecule has 2 aromatic rings. The summed E-state index contributed by atoms with van der Waals surface area (Å²) in [6, 6.07) is 8.20. The van der Waals surface area contributed by atoms with Gasteiger partial charge in [-0.1, -0.05) is 17.7 Å². The third-order valence-corrected chi connectivity index (χ3v) is 4.32. The second kappa shape index (κ2) is 5.47. The molecule has 6 heteroatoms. The van der Waals surface area contributed by atoms with E-state index in [1.54, 1.807) is 12.1 Å². The van der Waals surface area contributed by atoms with Gasteiger partial charge in [0.05, 0.1) is 31.0 Å². The Morgan fingerprint density at radius 2 is 1.89 bits per heavy atom. The highest BCUT2D eigenvalue weighted by atomic mass is 79.9. The van der Waals surface area contributed by atoms with Crippen molar-refractivity contribution in [1.82, 2.24) is 0 Å². The van der Waals surface area contributed by atoms with E-state index in [0.717, 1.165) is 5.69 Å². The van der Waals surface area contributed by atoms with Crippen molar-refractivity contribution in [1.29, 1.82) is 0 Å². The fourth-order valence-corrected chi connectivity index (χ4v) is 2.31. The van der Waals surface area contributed by atoms with Crippen LogP contribution in [0.2, 0.25) is 5.02 Å². The molecule has 2 nitrogen and oxygen atoms in total. The third-order valence-electron chi connectivity index (χ3n) is 2.31. The summed E-state index contributed by atoms with van der Waals surface area (Å²) in [5.41, 5.74) is 7.46. The molecule has 0 atom stereocenters. The third kappa shape index (κ3) is 2.79. The number of anilines is 3. The molecule has 3 N–H and O–H groups in total. The Hall–Kier alpha value is -0.780. The first-order valence-corrected chi connectivity index (χ1v) is 6.91. The number of nitrogens with two attached hydrogens (primary N) is 1. The van der Waals surface area contributed by atoms with E-state index in [1.165, 1.54) is 12.1 Å². The van der Waals surface area contributed by atoms with Crippen LogP contribution in [-0.4, -0.2) is 0 Å². The molecule has 0 bridgehead atoms. The van der Waals surface area contributed by atoms with Crippen molar-refractivity contribution in [3.8, 4) is 0 Å². The average Bonchev–Trinajstić information content (AvgIpc) is 2.32. The van der Waals surface area contributed by atoms with Gasteiger partial charge in [-0.25, -0.2) is 4.39 Å². The summed E-state index contributed by atoms with van der Waals surface area (Å²) in [6.45, 7) is 0. The zero-order valence-electron chi connectivity index (χ0n) is 8.98. The number of hydrogen-bond donors (Lipinski definition) is 2. The maximum Gasteiger partial charge on any atom is 0.139 e. The van der Waals surface area contributed by atoms with E-state index in [1.807, 2.05) is 6.07 Å². The van der Waals surface area contributed by atoms with Crippen LogP contribution in [0.15, 0.2) is 39.3 Å². The summed E-state index contributed by atoms with van der Waals surface area (Å²) in [5, 5.41) is 3.60. The van der Waals surface area contributed by atoms with E-state index in [4.69, 9.17) is 17.3 Å². The van der Waals surface area contributed by atoms with Gasteiger partial charge in [0.15, 0.2) is 0 Å². The maximum absolute atomic E-state index is 13.5. The minimum atomic E-state index is -0.384. The molecule has 0 amide bonds. The summed E-state index contributed by atoms with van der Waals surface area (Å²) >= 11 is 12.4. The number of benzene rings is 2. The first kappa shape index (κ1) is 13.6. The van der Waals surface area contributed by atoms with Crippen LogP contribution in [0.3, 0.4) is 0 Å². The topological polar surface area (TPSA) is 38.0 Å². The molecule has 0 aliphatic carbocycles. The zero-order chi connectivity index (χ0) is 13.3. The molecule has 0 aliphatic heterocycles. The van der Waals surface area contributed by atoms with Crippen LogP contribution in [-0.2, 0) is 0 Å². The Bertz CT molecular complexity index is 605. The van der Waals surface area contributed by atoms with Crippen LogP contribution in [0.1, 0.15) is 0 Å². The van der Waals surface area contributed by atoms with Gasteiger partial charge < -0.3 is 11.1 Å². The van der Waals surface area contributed by atoms with E-state index in [0.29, 0.717) is 25.3 Å². The molecular formula is C12H8Br2ClFN2. The highest BCUT2D eigenvalue weighted by Gasteiger charge is 2.09. The van der Waals surface area contributed by atoms with Gasteiger partial charge in [0, 0.05) is 6.07 Å². The van der Waals surface area contributed by atoms with Gasteiger partial charge in [0.2, 0.25) is 0 Å². The van der Waals surface area contributed by atoms with Crippen LogP contribution in [0.5, 0.6) is 0 Å². The SMILES string of the molecule is Nc1cc(Br)c(F)cc1Nc1cccc(Cl)c1Br. The molecule has 94 valence electrons. The lowest BCUT2D eigenvalue weighted by molar-refractivity contribution is 0.622. The molecular weight excluding hydrogens is 386 g/mol. The summed E-state index contributed by atoms with van der Waals surface area (Å²) in [7, 11) is 0. The Kier molecular flexibility index (Phi) is 4.14. The van der Waals surface area contributed by atoms with E-state index >= 15 is 0 Å². The van der Waals surface area contributed by atoms with Gasteiger partial charge >= 0.3 is 0 Å². The van der Waals surface area contributed by atoms with Crippen molar-refractivity contribution in [3.63, 3.8) is 0 Å². The molecule has 0 saturated heterocycles. The minimum Gasteiger partial charge on any atom is -0.397 e. The Morgan fingerprint density at radius 1 is 1.17 bits per heavy atom. The largest absolute Gasteiger partial charge is 0.397 e. The van der Waals surface area contributed by atoms with Crippen molar-refractivity contribution in [2.24, 2.45) is 0 Å². The molecule has 0 saturated carbocycles. The quantitative estimate of drug-likeness (QED) is 0.676. The number of nitrogens with one attached hydrogen (secondary N) is 1. The molecule has 18 heavy (non-hydrogen) atoms. The second-order valence-electron chi connectivity index (χ2n) is 3.58. The molecule has 0 unspecified atom stereocenters. The fourth-order valence-electron chi connectivity index (χ4n) is 1.42. The number of hydrogen-bond acceptors (Lipinski definition) is 2. The van der Waals surface area contributed by atoms with Gasteiger partial charge in [0.1, 0.15) is 5.82 Å². The van der Waals surface area contributed by atoms with Gasteiger partial charge in [-0.2, -0.15) is 0 Å². The molecule has 0 aromatic heterocycles. The van der Waals surface area contributed by atoms with E-state index in [9.17, 15) is 4.39 Å². The van der Waals surface area contributed by atoms with Crippen LogP contribution in [0, 0.1) is 5.82 Å². The number of nitrogen functional groups attached to an aromatic ring is 1. The molecule has 0 heterocycles. The number of rotatable bonds is 2. The highest BCUT2D eigenvalue weighted by Crippen LogP contribution is 2.35. The van der Waals surface area contributed by atoms with Crippen LogP contribution in [0.4, 0.5) is 21.5 Å². The van der Waals surface area contributed by atoms with Gasteiger partial charge in [-0.05, 0) is 50.1 Å². The van der Waals surface area contributed by atoms with Crippen molar-refractivity contribution in [2.75, 3.05) is 11.1 Å². The maximum atomic E-state index is 13.5. The Morgan fingerprint density at radius 3 is 2.61 bits per heavy atom. The molecule has 0 radical (unpaired) electrons. The predicted molar refractivity (Wildman–Crippen MR) is 80.9 cm³/mol. The van der Waals surface area contributed by atoms with E-state index in [2.05, 4.69) is 37.2 Å². The summed E-state index contributed by atoms with van der Waals surface area (Å²) in [6.07, 6.45) is 0. The van der Waals surface area contributed by atoms with Crippen LogP contribution < -0.4 is 11.1 Å². The molecule has 2 rings (SSSR count).